The molecule has 2 fully saturated rings. The predicted octanol–water partition coefficient (Wildman–Crippen LogP) is 1.45. The van der Waals surface area contributed by atoms with E-state index in [-0.39, 0.29) is 18.0 Å². The van der Waals surface area contributed by atoms with Gasteiger partial charge in [0, 0.05) is 26.6 Å². The van der Waals surface area contributed by atoms with Crippen LogP contribution in [0.3, 0.4) is 0 Å². The maximum absolute atomic E-state index is 12.6. The van der Waals surface area contributed by atoms with Gasteiger partial charge in [0.15, 0.2) is 11.6 Å². The van der Waals surface area contributed by atoms with Crippen molar-refractivity contribution in [2.24, 2.45) is 13.0 Å². The fraction of sp³-hybridized carbons (Fsp3) is 0.812. The number of aryl methyl sites for hydroxylation is 1. The Balaban J connectivity index is 1.52. The van der Waals surface area contributed by atoms with Crippen LogP contribution >= 0.6 is 0 Å². The number of amides is 2. The average molecular weight is 337 g/mol. The van der Waals surface area contributed by atoms with Crippen molar-refractivity contribution < 1.29 is 14.3 Å². The molecule has 8 heteroatoms. The second kappa shape index (κ2) is 7.06. The van der Waals surface area contributed by atoms with Gasteiger partial charge in [-0.05, 0) is 25.7 Å². The van der Waals surface area contributed by atoms with Gasteiger partial charge in [-0.3, -0.25) is 0 Å². The van der Waals surface area contributed by atoms with Crippen LogP contribution in [0.25, 0.3) is 0 Å². The van der Waals surface area contributed by atoms with Gasteiger partial charge < -0.3 is 24.3 Å². The molecule has 2 aliphatic rings. The Morgan fingerprint density at radius 3 is 2.92 bits per heavy atom. The third-order valence-corrected chi connectivity index (χ3v) is 4.78. The lowest BCUT2D eigenvalue weighted by Crippen LogP contribution is -2.42. The first-order valence-corrected chi connectivity index (χ1v) is 8.65. The average Bonchev–Trinajstić information content (AvgIpc) is 3.25. The summed E-state index contributed by atoms with van der Waals surface area (Å²) in [5, 5.41) is 11.1. The fourth-order valence-corrected chi connectivity index (χ4v) is 3.61. The van der Waals surface area contributed by atoms with E-state index in [0.717, 1.165) is 31.6 Å². The molecule has 24 heavy (non-hydrogen) atoms. The van der Waals surface area contributed by atoms with Crippen LogP contribution in [0.2, 0.25) is 0 Å². The maximum atomic E-state index is 12.6. The van der Waals surface area contributed by atoms with Crippen molar-refractivity contribution in [2.75, 3.05) is 26.3 Å². The zero-order valence-electron chi connectivity index (χ0n) is 14.7. The number of nitrogens with one attached hydrogen (secondary N) is 1. The van der Waals surface area contributed by atoms with Crippen molar-refractivity contribution in [2.45, 2.75) is 44.9 Å². The Labute approximate surface area is 142 Å². The number of likely N-dealkylation sites (tertiary alicyclic amines) is 1. The molecule has 2 amide bonds. The van der Waals surface area contributed by atoms with E-state index in [1.807, 2.05) is 23.4 Å². The topological polar surface area (TPSA) is 81.5 Å². The van der Waals surface area contributed by atoms with Gasteiger partial charge in [-0.2, -0.15) is 0 Å². The van der Waals surface area contributed by atoms with E-state index >= 15 is 0 Å². The van der Waals surface area contributed by atoms with Gasteiger partial charge in [-0.25, -0.2) is 4.79 Å². The van der Waals surface area contributed by atoms with Crippen LogP contribution in [0.15, 0.2) is 6.33 Å². The fourth-order valence-electron chi connectivity index (χ4n) is 3.61. The van der Waals surface area contributed by atoms with Crippen LogP contribution in [0.5, 0.6) is 0 Å². The number of ether oxygens (including phenoxy) is 2. The number of hydrogen-bond donors (Lipinski definition) is 1. The summed E-state index contributed by atoms with van der Waals surface area (Å²) in [7, 11) is 1.91. The summed E-state index contributed by atoms with van der Waals surface area (Å²) < 4.78 is 13.2. The van der Waals surface area contributed by atoms with E-state index in [2.05, 4.69) is 22.4 Å². The molecule has 2 atom stereocenters. The highest BCUT2D eigenvalue weighted by Gasteiger charge is 2.35. The van der Waals surface area contributed by atoms with Gasteiger partial charge in [0.2, 0.25) is 0 Å². The van der Waals surface area contributed by atoms with Crippen LogP contribution < -0.4 is 5.32 Å². The molecule has 8 nitrogen and oxygen atoms in total. The molecule has 1 aromatic heterocycles. The van der Waals surface area contributed by atoms with E-state index in [9.17, 15) is 4.79 Å². The molecule has 3 heterocycles. The number of carbonyl (C=O) groups excluding carboxylic acids is 1. The molecule has 3 rings (SSSR count). The summed E-state index contributed by atoms with van der Waals surface area (Å²) in [6.45, 7) is 6.69. The highest BCUT2D eigenvalue weighted by molar-refractivity contribution is 5.75. The lowest BCUT2D eigenvalue weighted by atomic mass is 10.0. The van der Waals surface area contributed by atoms with E-state index in [4.69, 9.17) is 9.47 Å². The number of nitrogens with zero attached hydrogens (tertiary/aromatic N) is 4. The smallest absolute Gasteiger partial charge is 0.318 e. The minimum absolute atomic E-state index is 0.00632. The summed E-state index contributed by atoms with van der Waals surface area (Å²) in [5.74, 6) is 0.600. The number of urea groups is 1. The molecule has 0 unspecified atom stereocenters. The molecule has 1 N–H and O–H groups in total. The number of aromatic nitrogens is 3. The van der Waals surface area contributed by atoms with Gasteiger partial charge in [0.25, 0.3) is 0 Å². The first-order chi connectivity index (χ1) is 11.5. The van der Waals surface area contributed by atoms with Crippen LogP contribution in [0.4, 0.5) is 4.79 Å². The van der Waals surface area contributed by atoms with E-state index in [1.165, 1.54) is 0 Å². The predicted molar refractivity (Wildman–Crippen MR) is 87.2 cm³/mol. The third-order valence-electron chi connectivity index (χ3n) is 4.78. The van der Waals surface area contributed by atoms with Crippen molar-refractivity contribution in [3.8, 4) is 0 Å². The second-order valence-corrected chi connectivity index (χ2v) is 6.98. The van der Waals surface area contributed by atoms with Gasteiger partial charge in [0.1, 0.15) is 6.33 Å². The monoisotopic (exact) mass is 337 g/mol. The zero-order chi connectivity index (χ0) is 17.2. The van der Waals surface area contributed by atoms with Crippen molar-refractivity contribution in [3.63, 3.8) is 0 Å². The Kier molecular flexibility index (Phi) is 5.05. The van der Waals surface area contributed by atoms with Gasteiger partial charge >= 0.3 is 6.03 Å². The summed E-state index contributed by atoms with van der Waals surface area (Å²) in [6.07, 6.45) is 4.35. The highest BCUT2D eigenvalue weighted by Crippen LogP contribution is 2.30. The summed E-state index contributed by atoms with van der Waals surface area (Å²) in [6, 6.07) is -0.0300. The maximum Gasteiger partial charge on any atom is 0.318 e. The molecule has 0 aliphatic carbocycles. The molecular formula is C16H27N5O3. The molecule has 2 saturated heterocycles. The summed E-state index contributed by atoms with van der Waals surface area (Å²) in [5.41, 5.74) is 0. The van der Waals surface area contributed by atoms with Gasteiger partial charge in [-0.1, -0.05) is 6.92 Å². The molecule has 0 spiro atoms. The first-order valence-electron chi connectivity index (χ1n) is 8.65. The zero-order valence-corrected chi connectivity index (χ0v) is 14.7. The second-order valence-electron chi connectivity index (χ2n) is 6.98. The molecule has 0 bridgehead atoms. The lowest BCUT2D eigenvalue weighted by molar-refractivity contribution is -0.153. The molecule has 2 aliphatic heterocycles. The quantitative estimate of drug-likeness (QED) is 0.879. The van der Waals surface area contributed by atoms with Crippen molar-refractivity contribution in [1.82, 2.24) is 25.0 Å². The SMILES string of the molecule is C[C@@H](CNC(=O)N1CCC[C@H]1c1nncn1C)CC1(C)OCCO1. The third kappa shape index (κ3) is 3.70. The van der Waals surface area contributed by atoms with Gasteiger partial charge in [-0.15, -0.1) is 10.2 Å². The molecule has 134 valence electrons. The standard InChI is InChI=1S/C16H27N5O3/c1-12(9-16(2)23-7-8-24-16)10-17-15(22)21-6-4-5-13(21)14-19-18-11-20(14)3/h11-13H,4-10H2,1-3H3,(H,17,22)/t12-,13+/m1/s1. The summed E-state index contributed by atoms with van der Waals surface area (Å²) in [4.78, 5) is 14.4. The van der Waals surface area contributed by atoms with Crippen LogP contribution in [0.1, 0.15) is 45.0 Å². The van der Waals surface area contributed by atoms with E-state index in [0.29, 0.717) is 19.8 Å². The molecular weight excluding hydrogens is 310 g/mol. The minimum atomic E-state index is -0.515. The molecule has 0 aromatic carbocycles. The van der Waals surface area contributed by atoms with Crippen molar-refractivity contribution in [1.29, 1.82) is 0 Å². The van der Waals surface area contributed by atoms with Crippen molar-refractivity contribution >= 4 is 6.03 Å². The van der Waals surface area contributed by atoms with Crippen LogP contribution in [-0.2, 0) is 16.5 Å². The van der Waals surface area contributed by atoms with Crippen LogP contribution in [0, 0.1) is 5.92 Å². The Hall–Kier alpha value is -1.67. The lowest BCUT2D eigenvalue weighted by Gasteiger charge is -2.28. The van der Waals surface area contributed by atoms with E-state index < -0.39 is 5.79 Å². The van der Waals surface area contributed by atoms with E-state index in [1.54, 1.807) is 6.33 Å². The first kappa shape index (κ1) is 17.2. The minimum Gasteiger partial charge on any atom is -0.348 e. The summed E-state index contributed by atoms with van der Waals surface area (Å²) >= 11 is 0. The number of carbonyl (C=O) groups is 1. The molecule has 0 radical (unpaired) electrons. The Morgan fingerprint density at radius 2 is 2.25 bits per heavy atom. The largest absolute Gasteiger partial charge is 0.348 e. The van der Waals surface area contributed by atoms with Crippen LogP contribution in [-0.4, -0.2) is 57.8 Å². The Morgan fingerprint density at radius 1 is 1.50 bits per heavy atom. The van der Waals surface area contributed by atoms with Crippen molar-refractivity contribution in [3.05, 3.63) is 12.2 Å². The number of hydrogen-bond acceptors (Lipinski definition) is 5. The molecule has 1 aromatic rings. The molecule has 0 saturated carbocycles. The number of rotatable bonds is 5. The highest BCUT2D eigenvalue weighted by atomic mass is 16.7. The Bertz CT molecular complexity index is 570. The normalized spacial score (nSPS) is 24.3. The van der Waals surface area contributed by atoms with Gasteiger partial charge in [0.05, 0.1) is 19.3 Å².